The van der Waals surface area contributed by atoms with Crippen LogP contribution in [0.5, 0.6) is 5.75 Å². The first kappa shape index (κ1) is 25.6. The summed E-state index contributed by atoms with van der Waals surface area (Å²) in [4.78, 5) is 32.5. The average Bonchev–Trinajstić information content (AvgIpc) is 3.32. The van der Waals surface area contributed by atoms with E-state index in [0.717, 1.165) is 5.56 Å². The highest BCUT2D eigenvalue weighted by molar-refractivity contribution is 5.99. The fraction of sp³-hybridized carbons (Fsp3) is 0.207. The zero-order valence-electron chi connectivity index (χ0n) is 21.2. The largest absolute Gasteiger partial charge is 0.497 e. The normalized spacial score (nSPS) is 10.9. The number of hydrogen-bond donors (Lipinski definition) is 1. The van der Waals surface area contributed by atoms with Crippen LogP contribution >= 0.6 is 0 Å². The number of carbonyl (C=O) groups is 2. The number of rotatable bonds is 8. The van der Waals surface area contributed by atoms with Gasteiger partial charge in [-0.3, -0.25) is 19.5 Å². The molecular weight excluding hydrogens is 471 g/mol. The Labute approximate surface area is 215 Å². The van der Waals surface area contributed by atoms with Gasteiger partial charge in [-0.2, -0.15) is 0 Å². The third-order valence-electron chi connectivity index (χ3n) is 5.98. The monoisotopic (exact) mass is 500 g/mol. The van der Waals surface area contributed by atoms with Crippen molar-refractivity contribution in [1.82, 2.24) is 14.5 Å². The first-order valence-corrected chi connectivity index (χ1v) is 11.9. The zero-order chi connectivity index (χ0) is 26.5. The minimum Gasteiger partial charge on any atom is -0.497 e. The lowest BCUT2D eigenvalue weighted by Crippen LogP contribution is -2.42. The molecule has 0 spiro atoms. The van der Waals surface area contributed by atoms with Gasteiger partial charge >= 0.3 is 0 Å². The van der Waals surface area contributed by atoms with Crippen molar-refractivity contribution >= 4 is 17.8 Å². The standard InChI is InChI=1S/C29H29FN4O3/c1-19(2)33(28(36)22-11-8-12-24(15-22)37-4)18-27(35)32-29-31-26(21-9-6-5-7-10-21)17-34(29)23-14-13-20(3)25(30)16-23/h5-17,19H,18H2,1-4H3,(H,31,32,35). The summed E-state index contributed by atoms with van der Waals surface area (Å²) in [5.74, 6) is -0.300. The molecule has 4 rings (SSSR count). The topological polar surface area (TPSA) is 76.5 Å². The Morgan fingerprint density at radius 1 is 1.05 bits per heavy atom. The Balaban J connectivity index is 1.63. The van der Waals surface area contributed by atoms with Crippen LogP contribution in [-0.4, -0.2) is 46.0 Å². The Morgan fingerprint density at radius 2 is 1.81 bits per heavy atom. The number of methoxy groups -OCH3 is 1. The zero-order valence-corrected chi connectivity index (χ0v) is 21.2. The van der Waals surface area contributed by atoms with Crippen molar-refractivity contribution in [2.75, 3.05) is 19.0 Å². The lowest BCUT2D eigenvalue weighted by Gasteiger charge is -2.26. The molecule has 1 N–H and O–H groups in total. The van der Waals surface area contributed by atoms with Crippen molar-refractivity contribution in [3.8, 4) is 22.7 Å². The summed E-state index contributed by atoms with van der Waals surface area (Å²) in [6, 6.07) is 20.9. The van der Waals surface area contributed by atoms with E-state index in [1.54, 1.807) is 54.1 Å². The molecule has 0 radical (unpaired) electrons. The molecule has 0 bridgehead atoms. The second-order valence-corrected chi connectivity index (χ2v) is 8.93. The number of imidazole rings is 1. The first-order valence-electron chi connectivity index (χ1n) is 11.9. The summed E-state index contributed by atoms with van der Waals surface area (Å²) in [7, 11) is 1.53. The summed E-state index contributed by atoms with van der Waals surface area (Å²) >= 11 is 0. The quantitative estimate of drug-likeness (QED) is 0.347. The van der Waals surface area contributed by atoms with Gasteiger partial charge in [-0.25, -0.2) is 9.37 Å². The van der Waals surface area contributed by atoms with E-state index < -0.39 is 5.91 Å². The summed E-state index contributed by atoms with van der Waals surface area (Å²) < 4.78 is 21.2. The van der Waals surface area contributed by atoms with E-state index in [-0.39, 0.29) is 30.3 Å². The van der Waals surface area contributed by atoms with E-state index in [1.807, 2.05) is 44.2 Å². The van der Waals surface area contributed by atoms with Gasteiger partial charge in [0.2, 0.25) is 11.9 Å². The molecule has 1 heterocycles. The van der Waals surface area contributed by atoms with Crippen molar-refractivity contribution in [3.63, 3.8) is 0 Å². The number of nitrogens with one attached hydrogen (secondary N) is 1. The maximum absolute atomic E-state index is 14.4. The van der Waals surface area contributed by atoms with E-state index in [2.05, 4.69) is 10.3 Å². The molecule has 4 aromatic rings. The molecule has 190 valence electrons. The molecule has 0 saturated heterocycles. The molecule has 7 nitrogen and oxygen atoms in total. The summed E-state index contributed by atoms with van der Waals surface area (Å²) in [5, 5.41) is 2.82. The van der Waals surface area contributed by atoms with Gasteiger partial charge in [0, 0.05) is 23.4 Å². The Hall–Kier alpha value is -4.46. The van der Waals surface area contributed by atoms with E-state index in [9.17, 15) is 14.0 Å². The molecule has 0 atom stereocenters. The number of hydrogen-bond acceptors (Lipinski definition) is 4. The lowest BCUT2D eigenvalue weighted by molar-refractivity contribution is -0.117. The van der Waals surface area contributed by atoms with Crippen molar-refractivity contribution in [2.45, 2.75) is 26.8 Å². The van der Waals surface area contributed by atoms with Gasteiger partial charge in [0.15, 0.2) is 0 Å². The maximum Gasteiger partial charge on any atom is 0.254 e. The number of ether oxygens (including phenoxy) is 1. The van der Waals surface area contributed by atoms with Gasteiger partial charge in [-0.05, 0) is 56.7 Å². The molecule has 0 fully saturated rings. The SMILES string of the molecule is COc1cccc(C(=O)N(CC(=O)Nc2nc(-c3ccccc3)cn2-c2ccc(C)c(F)c2)C(C)C)c1. The van der Waals surface area contributed by atoms with Crippen LogP contribution in [0.3, 0.4) is 0 Å². The summed E-state index contributed by atoms with van der Waals surface area (Å²) in [5.41, 5.74) is 2.91. The number of anilines is 1. The summed E-state index contributed by atoms with van der Waals surface area (Å²) in [6.45, 7) is 5.18. The summed E-state index contributed by atoms with van der Waals surface area (Å²) in [6.07, 6.45) is 1.75. The van der Waals surface area contributed by atoms with Crippen LogP contribution in [-0.2, 0) is 4.79 Å². The highest BCUT2D eigenvalue weighted by Gasteiger charge is 2.23. The molecule has 1 aromatic heterocycles. The second kappa shape index (κ2) is 11.1. The van der Waals surface area contributed by atoms with E-state index in [1.165, 1.54) is 18.1 Å². The van der Waals surface area contributed by atoms with Gasteiger partial charge in [0.25, 0.3) is 5.91 Å². The van der Waals surface area contributed by atoms with E-state index >= 15 is 0 Å². The van der Waals surface area contributed by atoms with E-state index in [0.29, 0.717) is 28.3 Å². The smallest absolute Gasteiger partial charge is 0.254 e. The minimum absolute atomic E-state index is 0.191. The van der Waals surface area contributed by atoms with E-state index in [4.69, 9.17) is 4.74 Å². The van der Waals surface area contributed by atoms with Crippen LogP contribution in [0, 0.1) is 12.7 Å². The third kappa shape index (κ3) is 5.86. The fourth-order valence-corrected chi connectivity index (χ4v) is 3.87. The molecule has 0 aliphatic carbocycles. The van der Waals surface area contributed by atoms with Crippen molar-refractivity contribution < 1.29 is 18.7 Å². The molecule has 3 aromatic carbocycles. The highest BCUT2D eigenvalue weighted by Crippen LogP contribution is 2.25. The second-order valence-electron chi connectivity index (χ2n) is 8.93. The molecule has 0 unspecified atom stereocenters. The number of halogens is 1. The van der Waals surface area contributed by atoms with Crippen LogP contribution in [0.2, 0.25) is 0 Å². The fourth-order valence-electron chi connectivity index (χ4n) is 3.87. The predicted molar refractivity (Wildman–Crippen MR) is 141 cm³/mol. The maximum atomic E-state index is 14.4. The van der Waals surface area contributed by atoms with Crippen LogP contribution in [0.4, 0.5) is 10.3 Å². The van der Waals surface area contributed by atoms with Gasteiger partial charge in [0.1, 0.15) is 18.1 Å². The van der Waals surface area contributed by atoms with Gasteiger partial charge in [-0.15, -0.1) is 0 Å². The molecule has 0 saturated carbocycles. The van der Waals surface area contributed by atoms with Gasteiger partial charge in [0.05, 0.1) is 18.5 Å². The van der Waals surface area contributed by atoms with Crippen LogP contribution in [0.25, 0.3) is 16.9 Å². The Bertz CT molecular complexity index is 1420. The molecule has 2 amide bonds. The number of aromatic nitrogens is 2. The molecule has 0 aliphatic rings. The molecule has 0 aliphatic heterocycles. The molecule has 37 heavy (non-hydrogen) atoms. The third-order valence-corrected chi connectivity index (χ3v) is 5.98. The van der Waals surface area contributed by atoms with Gasteiger partial charge < -0.3 is 9.64 Å². The molecule has 8 heteroatoms. The number of nitrogens with zero attached hydrogens (tertiary/aromatic N) is 3. The lowest BCUT2D eigenvalue weighted by atomic mass is 10.1. The first-order chi connectivity index (χ1) is 17.8. The molecular formula is C29H29FN4O3. The van der Waals surface area contributed by atoms with Crippen molar-refractivity contribution in [2.24, 2.45) is 0 Å². The number of amides is 2. The average molecular weight is 501 g/mol. The van der Waals surface area contributed by atoms with Crippen molar-refractivity contribution in [1.29, 1.82) is 0 Å². The van der Waals surface area contributed by atoms with Gasteiger partial charge in [-0.1, -0.05) is 42.5 Å². The number of aryl methyl sites for hydroxylation is 1. The Morgan fingerprint density at radius 3 is 2.49 bits per heavy atom. The predicted octanol–water partition coefficient (Wildman–Crippen LogP) is 5.48. The van der Waals surface area contributed by atoms with Crippen molar-refractivity contribution in [3.05, 3.63) is 95.9 Å². The minimum atomic E-state index is -0.427. The Kier molecular flexibility index (Phi) is 7.67. The highest BCUT2D eigenvalue weighted by atomic mass is 19.1. The van der Waals surface area contributed by atoms with Crippen LogP contribution < -0.4 is 10.1 Å². The number of carbonyl (C=O) groups excluding carboxylic acids is 2. The number of benzene rings is 3. The van der Waals surface area contributed by atoms with Crippen LogP contribution in [0.15, 0.2) is 79.0 Å². The van der Waals surface area contributed by atoms with Crippen LogP contribution in [0.1, 0.15) is 29.8 Å².